The van der Waals surface area contributed by atoms with Crippen LogP contribution in [0.2, 0.25) is 0 Å². The maximum atomic E-state index is 13.1. The number of hydrogen-bond donors (Lipinski definition) is 6. The Morgan fingerprint density at radius 2 is 0.779 bits per heavy atom. The summed E-state index contributed by atoms with van der Waals surface area (Å²) in [7, 11) is 0. The molecule has 0 aromatic carbocycles. The lowest BCUT2D eigenvalue weighted by Gasteiger charge is -2.40. The third-order valence-corrected chi connectivity index (χ3v) is 15.2. The number of ether oxygens (including phenoxy) is 2. The predicted molar refractivity (Wildman–Crippen MR) is 327 cm³/mol. The summed E-state index contributed by atoms with van der Waals surface area (Å²) >= 11 is 0. The van der Waals surface area contributed by atoms with E-state index in [1.165, 1.54) is 212 Å². The first-order valence-electron chi connectivity index (χ1n) is 32.7. The molecule has 1 heterocycles. The Morgan fingerprint density at radius 1 is 0.442 bits per heavy atom. The predicted octanol–water partition coefficient (Wildman–Crippen LogP) is 17.2. The number of allylic oxidation sites excluding steroid dienone is 11. The Hall–Kier alpha value is -2.37. The normalized spacial score (nSPS) is 19.2. The summed E-state index contributed by atoms with van der Waals surface area (Å²) in [4.78, 5) is 13.1. The first-order valence-corrected chi connectivity index (χ1v) is 32.7. The second-order valence-electron chi connectivity index (χ2n) is 22.5. The number of aliphatic hydroxyl groups is 5. The summed E-state index contributed by atoms with van der Waals surface area (Å²) in [5.74, 6) is -0.188. The average Bonchev–Trinajstić information content (AvgIpc) is 3.43. The molecule has 0 saturated carbocycles. The van der Waals surface area contributed by atoms with Crippen LogP contribution in [-0.2, 0) is 14.3 Å². The van der Waals surface area contributed by atoms with Crippen LogP contribution >= 0.6 is 0 Å². The molecule has 9 nitrogen and oxygen atoms in total. The van der Waals surface area contributed by atoms with Gasteiger partial charge in [0.15, 0.2) is 6.29 Å². The highest BCUT2D eigenvalue weighted by atomic mass is 16.7. The Kier molecular flexibility index (Phi) is 53.7. The first-order chi connectivity index (χ1) is 37.8. The van der Waals surface area contributed by atoms with E-state index in [-0.39, 0.29) is 12.5 Å². The first kappa shape index (κ1) is 72.6. The molecule has 9 heteroatoms. The fourth-order valence-corrected chi connectivity index (χ4v) is 10.1. The van der Waals surface area contributed by atoms with Crippen LogP contribution in [0.25, 0.3) is 0 Å². The molecule has 0 aromatic rings. The van der Waals surface area contributed by atoms with E-state index in [0.29, 0.717) is 6.42 Å². The van der Waals surface area contributed by atoms with Gasteiger partial charge in [0.25, 0.3) is 0 Å². The second-order valence-corrected chi connectivity index (χ2v) is 22.5. The lowest BCUT2D eigenvalue weighted by atomic mass is 9.99. The molecule has 0 aromatic heterocycles. The summed E-state index contributed by atoms with van der Waals surface area (Å²) in [6, 6.07) is -0.829. The smallest absolute Gasteiger partial charge is 0.220 e. The van der Waals surface area contributed by atoms with Crippen molar-refractivity contribution in [2.45, 2.75) is 339 Å². The number of aliphatic hydroxyl groups excluding tert-OH is 5. The van der Waals surface area contributed by atoms with E-state index in [9.17, 15) is 30.3 Å². The number of rotatable bonds is 56. The Bertz CT molecular complexity index is 1440. The molecule has 1 saturated heterocycles. The molecule has 0 aliphatic carbocycles. The zero-order valence-electron chi connectivity index (χ0n) is 50.0. The van der Waals surface area contributed by atoms with Gasteiger partial charge in [0, 0.05) is 6.42 Å². The van der Waals surface area contributed by atoms with Crippen molar-refractivity contribution in [3.05, 3.63) is 72.9 Å². The van der Waals surface area contributed by atoms with Crippen molar-refractivity contribution in [2.75, 3.05) is 13.2 Å². The van der Waals surface area contributed by atoms with E-state index in [1.54, 1.807) is 6.08 Å². The quantitative estimate of drug-likeness (QED) is 0.0261. The lowest BCUT2D eigenvalue weighted by molar-refractivity contribution is -0.302. The maximum Gasteiger partial charge on any atom is 0.220 e. The van der Waals surface area contributed by atoms with Gasteiger partial charge in [0.1, 0.15) is 24.4 Å². The summed E-state index contributed by atoms with van der Waals surface area (Å²) < 4.78 is 11.3. The third kappa shape index (κ3) is 46.0. The van der Waals surface area contributed by atoms with Crippen molar-refractivity contribution in [3.63, 3.8) is 0 Å². The fraction of sp³-hybridized carbons (Fsp3) is 0.809. The van der Waals surface area contributed by atoms with Crippen LogP contribution in [0.5, 0.6) is 0 Å². The largest absolute Gasteiger partial charge is 0.394 e. The van der Waals surface area contributed by atoms with Crippen LogP contribution < -0.4 is 5.32 Å². The number of hydrogen-bond acceptors (Lipinski definition) is 8. The number of carbonyl (C=O) groups excluding carboxylic acids is 1. The topological polar surface area (TPSA) is 149 Å². The second kappa shape index (κ2) is 56.9. The van der Waals surface area contributed by atoms with Gasteiger partial charge in [-0.3, -0.25) is 4.79 Å². The van der Waals surface area contributed by atoms with Gasteiger partial charge in [-0.15, -0.1) is 0 Å². The van der Waals surface area contributed by atoms with Gasteiger partial charge in [-0.2, -0.15) is 0 Å². The molecule has 1 amide bonds. The van der Waals surface area contributed by atoms with Crippen LogP contribution in [0, 0.1) is 0 Å². The zero-order valence-corrected chi connectivity index (χ0v) is 50.0. The minimum absolute atomic E-state index is 0.188. The molecule has 0 radical (unpaired) electrons. The Balaban J connectivity index is 2.07. The summed E-state index contributed by atoms with van der Waals surface area (Å²) in [6.07, 6.45) is 73.0. The number of carbonyl (C=O) groups is 1. The average molecular weight is 1080 g/mol. The molecule has 0 bridgehead atoms. The summed E-state index contributed by atoms with van der Waals surface area (Å²) in [6.45, 7) is 3.74. The fourth-order valence-electron chi connectivity index (χ4n) is 10.1. The molecule has 1 aliphatic heterocycles. The van der Waals surface area contributed by atoms with E-state index in [2.05, 4.69) is 79.9 Å². The van der Waals surface area contributed by atoms with Crippen molar-refractivity contribution in [1.82, 2.24) is 5.32 Å². The van der Waals surface area contributed by atoms with Crippen molar-refractivity contribution < 1.29 is 39.8 Å². The monoisotopic (exact) mass is 1080 g/mol. The molecule has 1 fully saturated rings. The highest BCUT2D eigenvalue weighted by molar-refractivity contribution is 5.76. The van der Waals surface area contributed by atoms with Crippen molar-refractivity contribution in [3.8, 4) is 0 Å². The van der Waals surface area contributed by atoms with Gasteiger partial charge >= 0.3 is 0 Å². The number of amides is 1. The van der Waals surface area contributed by atoms with Crippen LogP contribution in [0.4, 0.5) is 0 Å². The minimum Gasteiger partial charge on any atom is -0.394 e. The molecule has 7 atom stereocenters. The van der Waals surface area contributed by atoms with Crippen molar-refractivity contribution >= 4 is 5.91 Å². The minimum atomic E-state index is -1.58. The molecule has 448 valence electrons. The third-order valence-electron chi connectivity index (χ3n) is 15.2. The molecular weight excluding hydrogens is 959 g/mol. The summed E-state index contributed by atoms with van der Waals surface area (Å²) in [5, 5.41) is 54.5. The zero-order chi connectivity index (χ0) is 55.8. The van der Waals surface area contributed by atoms with Crippen LogP contribution in [0.15, 0.2) is 72.9 Å². The van der Waals surface area contributed by atoms with E-state index in [0.717, 1.165) is 64.2 Å². The van der Waals surface area contributed by atoms with E-state index in [1.807, 2.05) is 6.08 Å². The molecule has 6 N–H and O–H groups in total. The molecular formula is C68H123NO8. The Morgan fingerprint density at radius 3 is 1.18 bits per heavy atom. The van der Waals surface area contributed by atoms with E-state index < -0.39 is 49.5 Å². The van der Waals surface area contributed by atoms with Crippen molar-refractivity contribution in [1.29, 1.82) is 0 Å². The highest BCUT2D eigenvalue weighted by Crippen LogP contribution is 2.23. The Labute approximate surface area is 474 Å². The number of nitrogens with one attached hydrogen (secondary N) is 1. The van der Waals surface area contributed by atoms with E-state index in [4.69, 9.17) is 9.47 Å². The van der Waals surface area contributed by atoms with Gasteiger partial charge < -0.3 is 40.3 Å². The lowest BCUT2D eigenvalue weighted by Crippen LogP contribution is -2.60. The van der Waals surface area contributed by atoms with Gasteiger partial charge in [0.05, 0.1) is 25.4 Å². The van der Waals surface area contributed by atoms with Gasteiger partial charge in [0.2, 0.25) is 5.91 Å². The van der Waals surface area contributed by atoms with Crippen molar-refractivity contribution in [2.24, 2.45) is 0 Å². The standard InChI is InChI=1S/C68H123NO8/c1-3-5-7-9-11-13-15-17-19-20-21-22-23-24-25-26-27-28-29-30-31-32-33-34-35-36-37-38-39-40-41-42-44-46-48-50-52-54-56-58-64(72)69-61(60-76-68-67(75)66(74)65(73)63(59-70)77-68)62(71)57-55-53-51-49-47-45-43-18-16-14-12-10-8-6-4-2/h15-18,20-21,23-24,47,49,55,57,61-63,65-68,70-71,73-75H,3-14,19,22,25-46,48,50-54,56,58-60H2,1-2H3,(H,69,72)/b17-15-,18-16+,21-20-,24-23-,49-47+,57-55+. The molecule has 1 rings (SSSR count). The molecule has 0 spiro atoms. The van der Waals surface area contributed by atoms with Crippen LogP contribution in [0.1, 0.15) is 296 Å². The van der Waals surface area contributed by atoms with Gasteiger partial charge in [-0.25, -0.2) is 0 Å². The highest BCUT2D eigenvalue weighted by Gasteiger charge is 2.44. The molecule has 1 aliphatic rings. The van der Waals surface area contributed by atoms with Crippen LogP contribution in [-0.4, -0.2) is 87.5 Å². The van der Waals surface area contributed by atoms with Gasteiger partial charge in [-0.05, 0) is 83.5 Å². The molecule has 7 unspecified atom stereocenters. The number of unbranched alkanes of at least 4 members (excludes halogenated alkanes) is 36. The molecule has 77 heavy (non-hydrogen) atoms. The SMILES string of the molecule is CCCCCCC/C=C\C/C=C\C/C=C\CCCCCCCCCCCCCCCCCCCCCCCCCCC(=O)NC(COC1OC(CO)C(O)C(O)C1O)C(O)/C=C/CC/C=C/CC/C=C/CCCCCCC. The van der Waals surface area contributed by atoms with Gasteiger partial charge in [-0.1, -0.05) is 279 Å². The maximum absolute atomic E-state index is 13.1. The van der Waals surface area contributed by atoms with Crippen LogP contribution in [0.3, 0.4) is 0 Å². The summed E-state index contributed by atoms with van der Waals surface area (Å²) in [5.41, 5.74) is 0. The van der Waals surface area contributed by atoms with E-state index >= 15 is 0 Å².